The predicted octanol–water partition coefficient (Wildman–Crippen LogP) is 2.37. The average Bonchev–Trinajstić information content (AvgIpc) is 3.38. The molecule has 3 heterocycles. The van der Waals surface area contributed by atoms with E-state index in [9.17, 15) is 4.79 Å². The minimum absolute atomic E-state index is 0.0521. The summed E-state index contributed by atoms with van der Waals surface area (Å²) in [6, 6.07) is 9.74. The Kier molecular flexibility index (Phi) is 5.63. The molecule has 4 rings (SSSR count). The van der Waals surface area contributed by atoms with Crippen LogP contribution in [0.2, 0.25) is 0 Å². The normalized spacial score (nSPS) is 19.7. The number of hydrogen-bond acceptors (Lipinski definition) is 5. The van der Waals surface area contributed by atoms with E-state index in [0.717, 1.165) is 69.4 Å². The molecule has 6 nitrogen and oxygen atoms in total. The zero-order chi connectivity index (χ0) is 19.3. The van der Waals surface area contributed by atoms with Crippen molar-refractivity contribution in [1.82, 2.24) is 14.9 Å². The summed E-state index contributed by atoms with van der Waals surface area (Å²) in [5, 5.41) is 0. The van der Waals surface area contributed by atoms with E-state index >= 15 is 0 Å². The molecule has 0 bridgehead atoms. The van der Waals surface area contributed by atoms with E-state index in [2.05, 4.69) is 26.8 Å². The maximum absolute atomic E-state index is 12.2. The minimum Gasteiger partial charge on any atom is -0.481 e. The molecule has 2 fully saturated rings. The Balaban J connectivity index is 1.42. The summed E-state index contributed by atoms with van der Waals surface area (Å²) in [4.78, 5) is 24.4. The fourth-order valence-electron chi connectivity index (χ4n) is 4.09. The van der Waals surface area contributed by atoms with Crippen LogP contribution in [0.1, 0.15) is 36.4 Å². The van der Waals surface area contributed by atoms with Crippen LogP contribution in [-0.2, 0) is 6.54 Å². The molecule has 0 aliphatic carbocycles. The maximum atomic E-state index is 12.2. The van der Waals surface area contributed by atoms with Crippen molar-refractivity contribution in [1.29, 1.82) is 0 Å². The van der Waals surface area contributed by atoms with Gasteiger partial charge in [-0.15, -0.1) is 6.42 Å². The van der Waals surface area contributed by atoms with Crippen LogP contribution in [0, 0.1) is 12.3 Å². The third-order valence-corrected chi connectivity index (χ3v) is 5.47. The molecule has 0 saturated carbocycles. The van der Waals surface area contributed by atoms with Crippen molar-refractivity contribution in [2.45, 2.75) is 31.7 Å². The molecule has 1 N–H and O–H groups in total. The lowest BCUT2D eigenvalue weighted by molar-refractivity contribution is 0.324. The van der Waals surface area contributed by atoms with Crippen molar-refractivity contribution >= 4 is 5.95 Å². The molecule has 28 heavy (non-hydrogen) atoms. The van der Waals surface area contributed by atoms with Crippen molar-refractivity contribution in [3.8, 4) is 18.1 Å². The van der Waals surface area contributed by atoms with E-state index in [4.69, 9.17) is 16.1 Å². The van der Waals surface area contributed by atoms with Crippen LogP contribution in [0.3, 0.4) is 0 Å². The molecular weight excluding hydrogens is 352 g/mol. The van der Waals surface area contributed by atoms with Crippen LogP contribution in [-0.4, -0.2) is 47.7 Å². The highest BCUT2D eigenvalue weighted by atomic mass is 16.5. The van der Waals surface area contributed by atoms with Gasteiger partial charge in [0.25, 0.3) is 5.56 Å². The van der Waals surface area contributed by atoms with E-state index in [0.29, 0.717) is 5.92 Å². The molecule has 1 aromatic carbocycles. The summed E-state index contributed by atoms with van der Waals surface area (Å²) >= 11 is 0. The third-order valence-electron chi connectivity index (χ3n) is 5.47. The van der Waals surface area contributed by atoms with Gasteiger partial charge in [0.2, 0.25) is 5.95 Å². The van der Waals surface area contributed by atoms with Crippen molar-refractivity contribution < 1.29 is 4.74 Å². The second-order valence-corrected chi connectivity index (χ2v) is 7.55. The summed E-state index contributed by atoms with van der Waals surface area (Å²) in [5.74, 6) is 4.32. The van der Waals surface area contributed by atoms with Crippen LogP contribution >= 0.6 is 0 Å². The highest BCUT2D eigenvalue weighted by Crippen LogP contribution is 2.28. The number of aromatic nitrogens is 2. The van der Waals surface area contributed by atoms with Gasteiger partial charge < -0.3 is 9.64 Å². The van der Waals surface area contributed by atoms with Crippen LogP contribution in [0.5, 0.6) is 5.75 Å². The van der Waals surface area contributed by atoms with Gasteiger partial charge in [-0.3, -0.25) is 14.7 Å². The van der Waals surface area contributed by atoms with Gasteiger partial charge >= 0.3 is 0 Å². The Morgan fingerprint density at radius 2 is 2.11 bits per heavy atom. The summed E-state index contributed by atoms with van der Waals surface area (Å²) in [6.07, 6.45) is 8.60. The number of terminal acetylenes is 1. The van der Waals surface area contributed by atoms with E-state index in [1.54, 1.807) is 6.07 Å². The molecule has 2 aromatic rings. The molecule has 0 amide bonds. The van der Waals surface area contributed by atoms with Gasteiger partial charge in [0.15, 0.2) is 0 Å². The summed E-state index contributed by atoms with van der Waals surface area (Å²) in [7, 11) is 0. The third kappa shape index (κ3) is 4.37. The number of nitrogens with zero attached hydrogens (tertiary/aromatic N) is 3. The predicted molar refractivity (Wildman–Crippen MR) is 110 cm³/mol. The fraction of sp³-hybridized carbons (Fsp3) is 0.455. The number of aromatic amines is 1. The number of rotatable bonds is 6. The number of anilines is 1. The number of ether oxygens (including phenoxy) is 1. The largest absolute Gasteiger partial charge is 0.481 e. The van der Waals surface area contributed by atoms with E-state index in [1.165, 1.54) is 5.56 Å². The highest BCUT2D eigenvalue weighted by Gasteiger charge is 2.26. The molecule has 2 saturated heterocycles. The lowest BCUT2D eigenvalue weighted by Gasteiger charge is -2.19. The van der Waals surface area contributed by atoms with Crippen LogP contribution in [0.15, 0.2) is 35.1 Å². The molecule has 2 aliphatic rings. The van der Waals surface area contributed by atoms with Crippen molar-refractivity contribution in [2.24, 2.45) is 0 Å². The molecule has 0 radical (unpaired) electrons. The first-order valence-electron chi connectivity index (χ1n) is 9.95. The summed E-state index contributed by atoms with van der Waals surface area (Å²) in [6.45, 7) is 4.98. The zero-order valence-corrected chi connectivity index (χ0v) is 16.1. The number of hydrogen-bond donors (Lipinski definition) is 1. The van der Waals surface area contributed by atoms with Gasteiger partial charge in [-0.1, -0.05) is 18.1 Å². The second kappa shape index (κ2) is 8.49. The van der Waals surface area contributed by atoms with E-state index in [-0.39, 0.29) is 12.2 Å². The van der Waals surface area contributed by atoms with E-state index < -0.39 is 0 Å². The Morgan fingerprint density at radius 3 is 2.93 bits per heavy atom. The fourth-order valence-corrected chi connectivity index (χ4v) is 4.09. The summed E-state index contributed by atoms with van der Waals surface area (Å²) in [5.41, 5.74) is 2.06. The van der Waals surface area contributed by atoms with Gasteiger partial charge in [-0.2, -0.15) is 0 Å². The maximum Gasteiger partial charge on any atom is 0.252 e. The quantitative estimate of drug-likeness (QED) is 0.782. The monoisotopic (exact) mass is 378 g/mol. The Labute approximate surface area is 165 Å². The van der Waals surface area contributed by atoms with Gasteiger partial charge in [0.1, 0.15) is 12.4 Å². The first-order valence-corrected chi connectivity index (χ1v) is 9.95. The first kappa shape index (κ1) is 18.6. The van der Waals surface area contributed by atoms with Gasteiger partial charge in [-0.05, 0) is 43.5 Å². The number of nitrogens with one attached hydrogen (secondary N) is 1. The first-order chi connectivity index (χ1) is 13.7. The topological polar surface area (TPSA) is 61.5 Å². The van der Waals surface area contributed by atoms with Crippen LogP contribution in [0.25, 0.3) is 0 Å². The van der Waals surface area contributed by atoms with Crippen molar-refractivity contribution in [3.63, 3.8) is 0 Å². The van der Waals surface area contributed by atoms with Gasteiger partial charge in [0, 0.05) is 38.2 Å². The van der Waals surface area contributed by atoms with E-state index in [1.807, 2.05) is 18.2 Å². The molecule has 0 spiro atoms. The Bertz CT molecular complexity index is 911. The zero-order valence-electron chi connectivity index (χ0n) is 16.1. The Morgan fingerprint density at radius 1 is 1.25 bits per heavy atom. The number of likely N-dealkylation sites (tertiary alicyclic amines) is 1. The molecule has 146 valence electrons. The highest BCUT2D eigenvalue weighted by molar-refractivity contribution is 5.33. The lowest BCUT2D eigenvalue weighted by atomic mass is 10.0. The summed E-state index contributed by atoms with van der Waals surface area (Å²) < 4.78 is 5.52. The van der Waals surface area contributed by atoms with Crippen LogP contribution in [0.4, 0.5) is 5.95 Å². The SMILES string of the molecule is C#CCOc1cccc(CN2CC[C@@H](c3cc(=O)[nH]c(N4CCCC4)n3)C2)c1. The minimum atomic E-state index is -0.0521. The molecule has 6 heteroatoms. The second-order valence-electron chi connectivity index (χ2n) is 7.55. The lowest BCUT2D eigenvalue weighted by Crippen LogP contribution is -2.25. The van der Waals surface area contributed by atoms with Crippen molar-refractivity contribution in [2.75, 3.05) is 37.7 Å². The van der Waals surface area contributed by atoms with Gasteiger partial charge in [0.05, 0.1) is 5.69 Å². The average molecular weight is 378 g/mol. The Hall–Kier alpha value is -2.78. The standard InChI is InChI=1S/C22H26N4O2/c1-2-12-28-19-7-5-6-17(13-19)15-25-11-8-18(16-25)20-14-21(27)24-22(23-20)26-9-3-4-10-26/h1,5-7,13-14,18H,3-4,8-12,15-16H2,(H,23,24,27)/t18-/m1/s1. The van der Waals surface area contributed by atoms with Gasteiger partial charge in [-0.25, -0.2) is 4.98 Å². The molecule has 1 aromatic heterocycles. The van der Waals surface area contributed by atoms with Crippen molar-refractivity contribution in [3.05, 3.63) is 51.9 Å². The smallest absolute Gasteiger partial charge is 0.252 e. The number of H-pyrrole nitrogens is 1. The molecule has 1 atom stereocenters. The van der Waals surface area contributed by atoms with Crippen LogP contribution < -0.4 is 15.2 Å². The molecular formula is C22H26N4O2. The molecule has 0 unspecified atom stereocenters. The molecule has 2 aliphatic heterocycles. The number of benzene rings is 1.